The molecular weight excluding hydrogens is 534 g/mol. The van der Waals surface area contributed by atoms with Crippen molar-refractivity contribution in [1.82, 2.24) is 4.90 Å². The largest absolute Gasteiger partial charge is 0.368 e. The van der Waals surface area contributed by atoms with Crippen LogP contribution in [0.4, 0.5) is 11.4 Å². The third-order valence-corrected chi connectivity index (χ3v) is 7.75. The molecule has 0 radical (unpaired) electrons. The summed E-state index contributed by atoms with van der Waals surface area (Å²) in [6, 6.07) is 23.9. The highest BCUT2D eigenvalue weighted by molar-refractivity contribution is 9.10. The Morgan fingerprint density at radius 3 is 2.19 bits per heavy atom. The average Bonchev–Trinajstić information content (AvgIpc) is 2.87. The first kappa shape index (κ1) is 26.3. The van der Waals surface area contributed by atoms with Gasteiger partial charge in [0, 0.05) is 52.5 Å². The first-order chi connectivity index (χ1) is 17.2. The van der Waals surface area contributed by atoms with E-state index in [1.165, 1.54) is 17.3 Å². The molecule has 3 aromatic rings. The average molecular weight is 567 g/mol. The molecule has 1 aliphatic heterocycles. The van der Waals surface area contributed by atoms with Gasteiger partial charge >= 0.3 is 0 Å². The SMILES string of the molecule is CC(C)(C)c1ccc(SCC(=O)Nc2ccc(N3CCN(C(=O)c4cccc(Br)c4)CC3)cc2)cc1. The molecule has 1 saturated heterocycles. The number of anilines is 2. The van der Waals surface area contributed by atoms with Gasteiger partial charge in [-0.2, -0.15) is 0 Å². The fraction of sp³-hybridized carbons (Fsp3) is 0.310. The number of hydrogen-bond donors (Lipinski definition) is 1. The Morgan fingerprint density at radius 2 is 1.58 bits per heavy atom. The maximum atomic E-state index is 12.8. The Kier molecular flexibility index (Phi) is 8.42. The van der Waals surface area contributed by atoms with E-state index in [9.17, 15) is 9.59 Å². The molecule has 1 aliphatic rings. The van der Waals surface area contributed by atoms with Crippen molar-refractivity contribution in [1.29, 1.82) is 0 Å². The minimum Gasteiger partial charge on any atom is -0.368 e. The summed E-state index contributed by atoms with van der Waals surface area (Å²) in [6.45, 7) is 9.49. The van der Waals surface area contributed by atoms with Gasteiger partial charge in [-0.05, 0) is 65.6 Å². The quantitative estimate of drug-likeness (QED) is 0.349. The lowest BCUT2D eigenvalue weighted by atomic mass is 9.87. The van der Waals surface area contributed by atoms with Crippen LogP contribution >= 0.6 is 27.7 Å². The summed E-state index contributed by atoms with van der Waals surface area (Å²) in [6.07, 6.45) is 0. The third-order valence-electron chi connectivity index (χ3n) is 6.24. The van der Waals surface area contributed by atoms with Crippen LogP contribution in [0.3, 0.4) is 0 Å². The van der Waals surface area contributed by atoms with Crippen molar-refractivity contribution in [3.05, 3.63) is 88.4 Å². The van der Waals surface area contributed by atoms with Crippen LogP contribution in [0.1, 0.15) is 36.7 Å². The van der Waals surface area contributed by atoms with Crippen molar-refractivity contribution >= 4 is 50.9 Å². The topological polar surface area (TPSA) is 52.7 Å². The van der Waals surface area contributed by atoms with Crippen molar-refractivity contribution in [3.63, 3.8) is 0 Å². The summed E-state index contributed by atoms with van der Waals surface area (Å²) in [7, 11) is 0. The molecule has 2 amide bonds. The molecule has 188 valence electrons. The van der Waals surface area contributed by atoms with Crippen LogP contribution in [-0.4, -0.2) is 48.6 Å². The molecular formula is C29H32BrN3O2S. The molecule has 5 nitrogen and oxygen atoms in total. The van der Waals surface area contributed by atoms with Crippen LogP contribution in [-0.2, 0) is 10.2 Å². The monoisotopic (exact) mass is 565 g/mol. The Balaban J connectivity index is 1.24. The standard InChI is InChI=1S/C29H32BrN3O2S/c1-29(2,3)22-7-13-26(14-8-22)36-20-27(34)31-24-9-11-25(12-10-24)32-15-17-33(18-16-32)28(35)21-5-4-6-23(30)19-21/h4-14,19H,15-18,20H2,1-3H3,(H,31,34). The van der Waals surface area contributed by atoms with E-state index in [-0.39, 0.29) is 17.2 Å². The molecule has 0 bridgehead atoms. The number of carbonyl (C=O) groups is 2. The van der Waals surface area contributed by atoms with Crippen molar-refractivity contribution < 1.29 is 9.59 Å². The molecule has 1 N–H and O–H groups in total. The lowest BCUT2D eigenvalue weighted by Gasteiger charge is -2.36. The Bertz CT molecular complexity index is 1200. The zero-order chi connectivity index (χ0) is 25.7. The Labute approximate surface area is 226 Å². The van der Waals surface area contributed by atoms with Gasteiger partial charge in [-0.25, -0.2) is 0 Å². The van der Waals surface area contributed by atoms with Crippen LogP contribution in [0.2, 0.25) is 0 Å². The fourth-order valence-corrected chi connectivity index (χ4v) is 5.22. The zero-order valence-corrected chi connectivity index (χ0v) is 23.4. The van der Waals surface area contributed by atoms with E-state index in [0.717, 1.165) is 33.8 Å². The Hall–Kier alpha value is -2.77. The lowest BCUT2D eigenvalue weighted by Crippen LogP contribution is -2.48. The van der Waals surface area contributed by atoms with Gasteiger partial charge in [0.2, 0.25) is 5.91 Å². The van der Waals surface area contributed by atoms with Gasteiger partial charge in [0.25, 0.3) is 5.91 Å². The normalized spacial score (nSPS) is 14.0. The molecule has 1 fully saturated rings. The molecule has 0 unspecified atom stereocenters. The number of carbonyl (C=O) groups excluding carboxylic acids is 2. The van der Waals surface area contributed by atoms with Gasteiger partial charge in [0.05, 0.1) is 5.75 Å². The van der Waals surface area contributed by atoms with Crippen molar-refractivity contribution in [2.45, 2.75) is 31.1 Å². The van der Waals surface area contributed by atoms with Gasteiger partial charge < -0.3 is 15.1 Å². The van der Waals surface area contributed by atoms with E-state index in [1.807, 2.05) is 53.4 Å². The molecule has 4 rings (SSSR count). The summed E-state index contributed by atoms with van der Waals surface area (Å²) in [5.41, 5.74) is 4.00. The number of nitrogens with one attached hydrogen (secondary N) is 1. The number of piperazine rings is 1. The highest BCUT2D eigenvalue weighted by Crippen LogP contribution is 2.26. The van der Waals surface area contributed by atoms with Crippen LogP contribution in [0, 0.1) is 0 Å². The number of thioether (sulfide) groups is 1. The van der Waals surface area contributed by atoms with E-state index in [1.54, 1.807) is 0 Å². The van der Waals surface area contributed by atoms with E-state index < -0.39 is 0 Å². The van der Waals surface area contributed by atoms with Crippen LogP contribution in [0.5, 0.6) is 0 Å². The molecule has 0 aliphatic carbocycles. The molecule has 0 spiro atoms. The molecule has 1 heterocycles. The summed E-state index contributed by atoms with van der Waals surface area (Å²) >= 11 is 4.98. The third kappa shape index (κ3) is 6.92. The van der Waals surface area contributed by atoms with E-state index in [4.69, 9.17) is 0 Å². The minimum absolute atomic E-state index is 0.0210. The van der Waals surface area contributed by atoms with Gasteiger partial charge in [0.1, 0.15) is 0 Å². The summed E-state index contributed by atoms with van der Waals surface area (Å²) < 4.78 is 0.910. The Morgan fingerprint density at radius 1 is 0.917 bits per heavy atom. The second-order valence-electron chi connectivity index (χ2n) is 9.95. The predicted octanol–water partition coefficient (Wildman–Crippen LogP) is 6.44. The second kappa shape index (κ2) is 11.5. The van der Waals surface area contributed by atoms with Crippen LogP contribution in [0.15, 0.2) is 82.2 Å². The molecule has 0 atom stereocenters. The first-order valence-electron chi connectivity index (χ1n) is 12.1. The van der Waals surface area contributed by atoms with Crippen molar-refractivity contribution in [3.8, 4) is 0 Å². The van der Waals surface area contributed by atoms with Gasteiger partial charge in [-0.3, -0.25) is 9.59 Å². The van der Waals surface area contributed by atoms with Gasteiger partial charge in [-0.15, -0.1) is 11.8 Å². The van der Waals surface area contributed by atoms with E-state index in [0.29, 0.717) is 24.4 Å². The highest BCUT2D eigenvalue weighted by Gasteiger charge is 2.22. The summed E-state index contributed by atoms with van der Waals surface area (Å²) in [5.74, 6) is 0.411. The number of amides is 2. The maximum absolute atomic E-state index is 12.8. The van der Waals surface area contributed by atoms with E-state index in [2.05, 4.69) is 71.2 Å². The summed E-state index contributed by atoms with van der Waals surface area (Å²) in [5, 5.41) is 2.99. The van der Waals surface area contributed by atoms with E-state index >= 15 is 0 Å². The zero-order valence-electron chi connectivity index (χ0n) is 21.0. The molecule has 0 aromatic heterocycles. The van der Waals surface area contributed by atoms with Gasteiger partial charge in [-0.1, -0.05) is 54.9 Å². The maximum Gasteiger partial charge on any atom is 0.254 e. The lowest BCUT2D eigenvalue weighted by molar-refractivity contribution is -0.113. The van der Waals surface area contributed by atoms with Crippen molar-refractivity contribution in [2.24, 2.45) is 0 Å². The van der Waals surface area contributed by atoms with Crippen LogP contribution in [0.25, 0.3) is 0 Å². The number of benzene rings is 3. The fourth-order valence-electron chi connectivity index (χ4n) is 4.12. The number of halogens is 1. The smallest absolute Gasteiger partial charge is 0.254 e. The molecule has 3 aromatic carbocycles. The molecule has 0 saturated carbocycles. The number of hydrogen-bond acceptors (Lipinski definition) is 4. The highest BCUT2D eigenvalue weighted by atomic mass is 79.9. The first-order valence-corrected chi connectivity index (χ1v) is 13.9. The molecule has 7 heteroatoms. The number of nitrogens with zero attached hydrogens (tertiary/aromatic N) is 2. The minimum atomic E-state index is -0.0210. The number of rotatable bonds is 6. The van der Waals surface area contributed by atoms with Gasteiger partial charge in [0.15, 0.2) is 0 Å². The summed E-state index contributed by atoms with van der Waals surface area (Å²) in [4.78, 5) is 30.5. The predicted molar refractivity (Wildman–Crippen MR) is 153 cm³/mol. The molecule has 36 heavy (non-hydrogen) atoms. The second-order valence-corrected chi connectivity index (χ2v) is 11.9. The van der Waals surface area contributed by atoms with Crippen molar-refractivity contribution in [2.75, 3.05) is 42.1 Å². The van der Waals surface area contributed by atoms with Crippen LogP contribution < -0.4 is 10.2 Å².